The molecule has 9 nitrogen and oxygen atoms in total. The van der Waals surface area contributed by atoms with Gasteiger partial charge in [0.15, 0.2) is 11.8 Å². The lowest BCUT2D eigenvalue weighted by Crippen LogP contribution is -2.27. The predicted molar refractivity (Wildman–Crippen MR) is 163 cm³/mol. The summed E-state index contributed by atoms with van der Waals surface area (Å²) in [5, 5.41) is 4.38. The molecule has 2 aromatic carbocycles. The van der Waals surface area contributed by atoms with Crippen molar-refractivity contribution in [3.05, 3.63) is 81.1 Å². The minimum Gasteiger partial charge on any atom is -0.370 e. The summed E-state index contributed by atoms with van der Waals surface area (Å²) in [5.74, 6) is -0.401. The number of aliphatic imine (C=N–C) groups is 1. The zero-order valence-corrected chi connectivity index (χ0v) is 23.8. The summed E-state index contributed by atoms with van der Waals surface area (Å²) < 4.78 is 16.6. The van der Waals surface area contributed by atoms with E-state index in [9.17, 15) is 4.79 Å². The summed E-state index contributed by atoms with van der Waals surface area (Å²) >= 11 is 6.24. The molecule has 0 amide bonds. The summed E-state index contributed by atoms with van der Waals surface area (Å²) in [5.41, 5.74) is 20.3. The topological polar surface area (TPSA) is 153 Å². The number of guanidine groups is 1. The average molecular weight is 579 g/mol. The van der Waals surface area contributed by atoms with Crippen molar-refractivity contribution in [1.82, 2.24) is 19.9 Å². The Bertz CT molecular complexity index is 1610. The molecule has 1 aliphatic rings. The fraction of sp³-hybridized carbons (Fsp3) is 0.367. The van der Waals surface area contributed by atoms with Crippen LogP contribution in [0.4, 0.5) is 4.39 Å². The quantitative estimate of drug-likeness (QED) is 0.140. The summed E-state index contributed by atoms with van der Waals surface area (Å²) in [7, 11) is 0. The molecule has 0 spiro atoms. The molecule has 41 heavy (non-hydrogen) atoms. The van der Waals surface area contributed by atoms with Gasteiger partial charge in [-0.25, -0.2) is 9.18 Å². The number of aromatic nitrogens is 3. The number of halogens is 2. The first-order valence-corrected chi connectivity index (χ1v) is 14.3. The molecule has 11 heteroatoms. The maximum Gasteiger partial charge on any atom is 0.354 e. The molecule has 1 unspecified atom stereocenters. The number of hydrogen-bond acceptors (Lipinski definition) is 5. The van der Waals surface area contributed by atoms with Gasteiger partial charge in [0.25, 0.3) is 0 Å². The van der Waals surface area contributed by atoms with Crippen LogP contribution in [0.15, 0.2) is 58.4 Å². The molecule has 0 saturated carbocycles. The number of rotatable bonds is 10. The van der Waals surface area contributed by atoms with E-state index < -0.39 is 11.5 Å². The Morgan fingerprint density at radius 1 is 1.22 bits per heavy atom. The smallest absolute Gasteiger partial charge is 0.354 e. The lowest BCUT2D eigenvalue weighted by Gasteiger charge is -2.15. The van der Waals surface area contributed by atoms with Gasteiger partial charge in [0, 0.05) is 41.8 Å². The molecule has 0 bridgehead atoms. The molecule has 8 N–H and O–H groups in total. The highest BCUT2D eigenvalue weighted by atomic mass is 35.5. The van der Waals surface area contributed by atoms with E-state index in [1.54, 1.807) is 24.4 Å². The van der Waals surface area contributed by atoms with Crippen LogP contribution in [0, 0.1) is 5.82 Å². The molecule has 1 aliphatic heterocycles. The van der Waals surface area contributed by atoms with Crippen molar-refractivity contribution in [2.75, 3.05) is 6.54 Å². The Morgan fingerprint density at radius 2 is 2.00 bits per heavy atom. The Hall–Kier alpha value is -3.73. The van der Waals surface area contributed by atoms with Crippen LogP contribution < -0.4 is 28.2 Å². The van der Waals surface area contributed by atoms with Gasteiger partial charge in [-0.15, -0.1) is 0 Å². The van der Waals surface area contributed by atoms with Crippen LogP contribution in [0.2, 0.25) is 5.02 Å². The highest BCUT2D eigenvalue weighted by Gasteiger charge is 2.24. The molecule has 3 atom stereocenters. The van der Waals surface area contributed by atoms with Gasteiger partial charge in [0.05, 0.1) is 16.4 Å². The molecule has 216 valence electrons. The second-order valence-electron chi connectivity index (χ2n) is 10.9. The standard InChI is InChI=1S/C30H36ClFN8O/c1-17(33)3-2-4-18-13-23(27(32)24(31)14-18)26-15-20-16-40(30(41)39-28(20)38-26)22-8-5-19(6-9-22)25-10-7-21(37-25)11-12-36-29(34)35/h5-6,8-9,13-17,21,25,37H,2-4,7,10-12,33H2,1H3,(H4,34,35,36)(H,38,39,41)/t17-,21?,25+/m0/s1. The molecular formula is C30H36ClFN8O. The van der Waals surface area contributed by atoms with E-state index >= 15 is 4.39 Å². The number of nitrogens with zero attached hydrogens (tertiary/aromatic N) is 3. The van der Waals surface area contributed by atoms with Crippen LogP contribution in [0.5, 0.6) is 0 Å². The normalized spacial score (nSPS) is 17.7. The van der Waals surface area contributed by atoms with Crippen molar-refractivity contribution >= 4 is 28.6 Å². The zero-order chi connectivity index (χ0) is 29.1. The van der Waals surface area contributed by atoms with Crippen LogP contribution in [0.3, 0.4) is 0 Å². The number of fused-ring (bicyclic) bond motifs is 1. The van der Waals surface area contributed by atoms with Crippen LogP contribution in [0.1, 0.15) is 56.2 Å². The SMILES string of the molecule is C[C@H](N)CCCc1cc(Cl)c(F)c(-c2cc3cn(-c4ccc([C@H]5CCC(CCN=C(N)N)N5)cc4)c(=O)nc3[nH]2)c1. The first-order valence-electron chi connectivity index (χ1n) is 14.0. The van der Waals surface area contributed by atoms with E-state index in [0.29, 0.717) is 40.6 Å². The van der Waals surface area contributed by atoms with Crippen molar-refractivity contribution in [1.29, 1.82) is 0 Å². The lowest BCUT2D eigenvalue weighted by atomic mass is 10.0. The molecule has 1 saturated heterocycles. The fourth-order valence-electron chi connectivity index (χ4n) is 5.46. The van der Waals surface area contributed by atoms with Gasteiger partial charge in [0.2, 0.25) is 0 Å². The van der Waals surface area contributed by atoms with Crippen LogP contribution in [0.25, 0.3) is 28.0 Å². The first-order chi connectivity index (χ1) is 19.7. The van der Waals surface area contributed by atoms with Crippen molar-refractivity contribution in [2.45, 2.75) is 63.6 Å². The third-order valence-corrected chi connectivity index (χ3v) is 7.87. The number of hydrogen-bond donors (Lipinski definition) is 5. The van der Waals surface area contributed by atoms with E-state index in [0.717, 1.165) is 49.7 Å². The maximum atomic E-state index is 15.1. The molecule has 5 rings (SSSR count). The zero-order valence-electron chi connectivity index (χ0n) is 23.0. The van der Waals surface area contributed by atoms with Crippen molar-refractivity contribution in [3.8, 4) is 16.9 Å². The van der Waals surface area contributed by atoms with Gasteiger partial charge in [-0.05, 0) is 86.9 Å². The Morgan fingerprint density at radius 3 is 2.73 bits per heavy atom. The van der Waals surface area contributed by atoms with Crippen molar-refractivity contribution in [3.63, 3.8) is 0 Å². The Kier molecular flexibility index (Phi) is 8.72. The largest absolute Gasteiger partial charge is 0.370 e. The van der Waals surface area contributed by atoms with E-state index in [-0.39, 0.29) is 23.1 Å². The number of nitrogens with one attached hydrogen (secondary N) is 2. The number of nitrogens with two attached hydrogens (primary N) is 3. The summed E-state index contributed by atoms with van der Waals surface area (Å²) in [6.45, 7) is 2.57. The number of aryl methyl sites for hydroxylation is 1. The van der Waals surface area contributed by atoms with Gasteiger partial charge in [0.1, 0.15) is 5.65 Å². The first kappa shape index (κ1) is 28.8. The minimum absolute atomic E-state index is 0.0569. The van der Waals surface area contributed by atoms with Crippen LogP contribution in [-0.4, -0.2) is 39.1 Å². The van der Waals surface area contributed by atoms with Crippen LogP contribution in [-0.2, 0) is 6.42 Å². The van der Waals surface area contributed by atoms with Crippen LogP contribution >= 0.6 is 11.6 Å². The Labute approximate surface area is 243 Å². The third kappa shape index (κ3) is 6.78. The van der Waals surface area contributed by atoms with Gasteiger partial charge in [-0.2, -0.15) is 4.98 Å². The van der Waals surface area contributed by atoms with Gasteiger partial charge in [-0.3, -0.25) is 9.56 Å². The van der Waals surface area contributed by atoms with E-state index in [2.05, 4.69) is 20.3 Å². The van der Waals surface area contributed by atoms with Crippen molar-refractivity contribution < 1.29 is 4.39 Å². The van der Waals surface area contributed by atoms with Gasteiger partial charge >= 0.3 is 5.69 Å². The minimum atomic E-state index is -0.515. The third-order valence-electron chi connectivity index (χ3n) is 7.60. The maximum absolute atomic E-state index is 15.1. The average Bonchev–Trinajstić information content (AvgIpc) is 3.57. The lowest BCUT2D eigenvalue weighted by molar-refractivity contribution is 0.527. The molecule has 0 aliphatic carbocycles. The van der Waals surface area contributed by atoms with Gasteiger partial charge in [-0.1, -0.05) is 23.7 Å². The number of benzene rings is 2. The fourth-order valence-corrected chi connectivity index (χ4v) is 5.71. The second-order valence-corrected chi connectivity index (χ2v) is 11.3. The highest BCUT2D eigenvalue weighted by molar-refractivity contribution is 6.31. The van der Waals surface area contributed by atoms with Gasteiger partial charge < -0.3 is 27.5 Å². The summed E-state index contributed by atoms with van der Waals surface area (Å²) in [4.78, 5) is 24.3. The van der Waals surface area contributed by atoms with E-state index in [1.807, 2.05) is 31.2 Å². The molecular weight excluding hydrogens is 543 g/mol. The highest BCUT2D eigenvalue weighted by Crippen LogP contribution is 2.32. The predicted octanol–water partition coefficient (Wildman–Crippen LogP) is 4.30. The molecule has 4 aromatic rings. The molecule has 0 radical (unpaired) electrons. The summed E-state index contributed by atoms with van der Waals surface area (Å²) in [6, 6.07) is 13.8. The van der Waals surface area contributed by atoms with E-state index in [1.165, 1.54) is 4.57 Å². The molecule has 1 fully saturated rings. The second kappa shape index (κ2) is 12.4. The summed E-state index contributed by atoms with van der Waals surface area (Å²) in [6.07, 6.45) is 7.14. The van der Waals surface area contributed by atoms with E-state index in [4.69, 9.17) is 28.8 Å². The Balaban J connectivity index is 1.35. The van der Waals surface area contributed by atoms with Crippen molar-refractivity contribution in [2.24, 2.45) is 22.2 Å². The number of aromatic amines is 1. The molecule has 2 aromatic heterocycles. The molecule has 3 heterocycles. The monoisotopic (exact) mass is 578 g/mol. The number of H-pyrrole nitrogens is 1.